The van der Waals surface area contributed by atoms with E-state index < -0.39 is 0 Å². The lowest BCUT2D eigenvalue weighted by Gasteiger charge is -2.42. The van der Waals surface area contributed by atoms with Crippen LogP contribution in [0.4, 0.5) is 5.69 Å². The fourth-order valence-corrected chi connectivity index (χ4v) is 5.75. The second-order valence-corrected chi connectivity index (χ2v) is 8.43. The minimum atomic E-state index is 0.203. The summed E-state index contributed by atoms with van der Waals surface area (Å²) in [5.41, 5.74) is 2.94. The predicted octanol–water partition coefficient (Wildman–Crippen LogP) is 2.22. The molecule has 1 aromatic rings. The number of morpholine rings is 1. The smallest absolute Gasteiger partial charge is 0.198 e. The summed E-state index contributed by atoms with van der Waals surface area (Å²) in [5.74, 6) is 3.48. The number of guanidine groups is 1. The molecule has 0 aliphatic carbocycles. The first-order valence-electron chi connectivity index (χ1n) is 9.87. The van der Waals surface area contributed by atoms with E-state index in [4.69, 9.17) is 9.73 Å². The highest BCUT2D eigenvalue weighted by atomic mass is 32.2. The number of fused-ring (bicyclic) bond motifs is 1. The molecule has 1 aromatic carbocycles. The van der Waals surface area contributed by atoms with Crippen LogP contribution >= 0.6 is 11.8 Å². The summed E-state index contributed by atoms with van der Waals surface area (Å²) in [7, 11) is 0. The van der Waals surface area contributed by atoms with Crippen LogP contribution in [-0.2, 0) is 11.2 Å². The Labute approximate surface area is 161 Å². The van der Waals surface area contributed by atoms with E-state index in [1.807, 2.05) is 0 Å². The van der Waals surface area contributed by atoms with Crippen LogP contribution in [-0.4, -0.2) is 73.8 Å². The van der Waals surface area contributed by atoms with Crippen LogP contribution in [0, 0.1) is 0 Å². The van der Waals surface area contributed by atoms with Crippen molar-refractivity contribution in [3.8, 4) is 0 Å². The molecule has 0 aromatic heterocycles. The normalized spacial score (nSPS) is 27.0. The van der Waals surface area contributed by atoms with Crippen molar-refractivity contribution in [3.05, 3.63) is 29.8 Å². The molecule has 142 valence electrons. The van der Waals surface area contributed by atoms with Gasteiger partial charge >= 0.3 is 0 Å². The molecular weight excluding hydrogens is 344 g/mol. The summed E-state index contributed by atoms with van der Waals surface area (Å²) in [6.07, 6.45) is 2.34. The number of rotatable bonds is 4. The molecule has 0 bridgehead atoms. The summed E-state index contributed by atoms with van der Waals surface area (Å²) in [5, 5.41) is 3.54. The Hall–Kier alpha value is -1.24. The molecular formula is C20H30N4OS. The standard InChI is InChI=1S/C20H30N4OS/c1-2-21-19(24-9-7-17-5-3-4-6-18(17)24)22-15-20(8-14-26-16-20)23-10-12-25-13-11-23/h3-6H,2,7-16H2,1H3,(H,21,22). The molecule has 0 amide bonds. The van der Waals surface area contributed by atoms with Crippen molar-refractivity contribution < 1.29 is 4.74 Å². The minimum Gasteiger partial charge on any atom is -0.379 e. The second kappa shape index (κ2) is 8.19. The molecule has 0 radical (unpaired) electrons. The first-order chi connectivity index (χ1) is 12.8. The third-order valence-corrected chi connectivity index (χ3v) is 7.00. The van der Waals surface area contributed by atoms with E-state index in [1.165, 1.54) is 29.2 Å². The highest BCUT2D eigenvalue weighted by Gasteiger charge is 2.40. The maximum atomic E-state index is 5.58. The third kappa shape index (κ3) is 3.59. The van der Waals surface area contributed by atoms with Gasteiger partial charge in [-0.2, -0.15) is 11.8 Å². The minimum absolute atomic E-state index is 0.203. The molecule has 4 rings (SSSR count). The fraction of sp³-hybridized carbons (Fsp3) is 0.650. The lowest BCUT2D eigenvalue weighted by Crippen LogP contribution is -2.56. The van der Waals surface area contributed by atoms with Crippen molar-refractivity contribution in [2.24, 2.45) is 4.99 Å². The first-order valence-corrected chi connectivity index (χ1v) is 11.0. The molecule has 0 saturated carbocycles. The molecule has 0 spiro atoms. The Morgan fingerprint density at radius 1 is 1.27 bits per heavy atom. The van der Waals surface area contributed by atoms with Gasteiger partial charge in [0.15, 0.2) is 5.96 Å². The van der Waals surface area contributed by atoms with Gasteiger partial charge in [-0.25, -0.2) is 0 Å². The van der Waals surface area contributed by atoms with Gasteiger partial charge in [0.1, 0.15) is 0 Å². The zero-order chi connectivity index (χ0) is 17.8. The number of hydrogen-bond acceptors (Lipinski definition) is 4. The number of hydrogen-bond donors (Lipinski definition) is 1. The van der Waals surface area contributed by atoms with Crippen LogP contribution in [0.3, 0.4) is 0 Å². The average molecular weight is 375 g/mol. The van der Waals surface area contributed by atoms with Crippen molar-refractivity contribution in [3.63, 3.8) is 0 Å². The van der Waals surface area contributed by atoms with Gasteiger partial charge in [0.2, 0.25) is 0 Å². The molecule has 1 unspecified atom stereocenters. The Morgan fingerprint density at radius 2 is 2.12 bits per heavy atom. The lowest BCUT2D eigenvalue weighted by molar-refractivity contribution is -0.0104. The highest BCUT2D eigenvalue weighted by Crippen LogP contribution is 2.35. The Morgan fingerprint density at radius 3 is 2.88 bits per heavy atom. The predicted molar refractivity (Wildman–Crippen MR) is 111 cm³/mol. The van der Waals surface area contributed by atoms with Crippen molar-refractivity contribution in [1.29, 1.82) is 0 Å². The maximum Gasteiger partial charge on any atom is 0.198 e. The van der Waals surface area contributed by atoms with E-state index in [0.29, 0.717) is 0 Å². The third-order valence-electron chi connectivity index (χ3n) is 5.77. The van der Waals surface area contributed by atoms with Crippen molar-refractivity contribution >= 4 is 23.4 Å². The van der Waals surface area contributed by atoms with Crippen LogP contribution in [0.1, 0.15) is 18.9 Å². The number of aliphatic imine (C=N–C) groups is 1. The Balaban J connectivity index is 1.55. The molecule has 2 saturated heterocycles. The van der Waals surface area contributed by atoms with Gasteiger partial charge in [-0.05, 0) is 37.1 Å². The molecule has 5 nitrogen and oxygen atoms in total. The summed E-state index contributed by atoms with van der Waals surface area (Å²) in [4.78, 5) is 10.2. The van der Waals surface area contributed by atoms with E-state index in [-0.39, 0.29) is 5.54 Å². The SMILES string of the molecule is CCNC(=NCC1(N2CCOCC2)CCSC1)N1CCc2ccccc21. The van der Waals surface area contributed by atoms with Gasteiger partial charge in [-0.1, -0.05) is 18.2 Å². The van der Waals surface area contributed by atoms with Crippen LogP contribution in [0.2, 0.25) is 0 Å². The summed E-state index contributed by atoms with van der Waals surface area (Å²) >= 11 is 2.07. The van der Waals surface area contributed by atoms with Gasteiger partial charge < -0.3 is 15.0 Å². The van der Waals surface area contributed by atoms with Crippen LogP contribution in [0.5, 0.6) is 0 Å². The van der Waals surface area contributed by atoms with E-state index in [0.717, 1.165) is 58.3 Å². The lowest BCUT2D eigenvalue weighted by atomic mass is 9.96. The average Bonchev–Trinajstić information content (AvgIpc) is 3.34. The highest BCUT2D eigenvalue weighted by molar-refractivity contribution is 7.99. The molecule has 3 heterocycles. The van der Waals surface area contributed by atoms with E-state index in [9.17, 15) is 0 Å². The van der Waals surface area contributed by atoms with Crippen molar-refractivity contribution in [1.82, 2.24) is 10.2 Å². The number of thioether (sulfide) groups is 1. The topological polar surface area (TPSA) is 40.1 Å². The second-order valence-electron chi connectivity index (χ2n) is 7.33. The molecule has 26 heavy (non-hydrogen) atoms. The number of anilines is 1. The number of ether oxygens (including phenoxy) is 1. The largest absolute Gasteiger partial charge is 0.379 e. The summed E-state index contributed by atoms with van der Waals surface area (Å²) in [6, 6.07) is 8.72. The first kappa shape index (κ1) is 18.1. The maximum absolute atomic E-state index is 5.58. The van der Waals surface area contributed by atoms with Gasteiger partial charge in [-0.3, -0.25) is 9.89 Å². The molecule has 3 aliphatic rings. The number of nitrogens with zero attached hydrogens (tertiary/aromatic N) is 3. The quantitative estimate of drug-likeness (QED) is 0.646. The summed E-state index contributed by atoms with van der Waals surface area (Å²) in [6.45, 7) is 8.74. The zero-order valence-electron chi connectivity index (χ0n) is 15.7. The molecule has 1 atom stereocenters. The van der Waals surface area contributed by atoms with E-state index >= 15 is 0 Å². The molecule has 1 N–H and O–H groups in total. The van der Waals surface area contributed by atoms with Gasteiger partial charge in [0, 0.05) is 37.6 Å². The fourth-order valence-electron chi connectivity index (χ4n) is 4.28. The monoisotopic (exact) mass is 374 g/mol. The van der Waals surface area contributed by atoms with Crippen LogP contribution < -0.4 is 10.2 Å². The van der Waals surface area contributed by atoms with Crippen molar-refractivity contribution in [2.45, 2.75) is 25.3 Å². The Kier molecular flexibility index (Phi) is 5.72. The number of nitrogens with one attached hydrogen (secondary N) is 1. The van der Waals surface area contributed by atoms with Crippen LogP contribution in [0.15, 0.2) is 29.3 Å². The summed E-state index contributed by atoms with van der Waals surface area (Å²) < 4.78 is 5.58. The van der Waals surface area contributed by atoms with Crippen LogP contribution in [0.25, 0.3) is 0 Å². The number of benzene rings is 1. The van der Waals surface area contributed by atoms with Gasteiger partial charge in [0.25, 0.3) is 0 Å². The zero-order valence-corrected chi connectivity index (χ0v) is 16.6. The molecule has 3 aliphatic heterocycles. The molecule has 6 heteroatoms. The van der Waals surface area contributed by atoms with Gasteiger partial charge in [0.05, 0.1) is 25.3 Å². The van der Waals surface area contributed by atoms with E-state index in [2.05, 4.69) is 58.1 Å². The number of para-hydroxylation sites is 1. The Bertz CT molecular complexity index is 638. The molecule has 2 fully saturated rings. The van der Waals surface area contributed by atoms with Crippen molar-refractivity contribution in [2.75, 3.05) is 62.3 Å². The van der Waals surface area contributed by atoms with Gasteiger partial charge in [-0.15, -0.1) is 0 Å². The van der Waals surface area contributed by atoms with E-state index in [1.54, 1.807) is 0 Å².